The molecule has 3 amide bonds. The van der Waals surface area contributed by atoms with Gasteiger partial charge in [-0.25, -0.2) is 21.9 Å². The zero-order valence-electron chi connectivity index (χ0n) is 17.7. The van der Waals surface area contributed by atoms with Crippen LogP contribution in [0.5, 0.6) is 5.75 Å². The summed E-state index contributed by atoms with van der Waals surface area (Å²) in [5, 5.41) is 0. The molecule has 0 unspecified atom stereocenters. The van der Waals surface area contributed by atoms with Gasteiger partial charge in [-0.05, 0) is 32.0 Å². The van der Waals surface area contributed by atoms with Gasteiger partial charge >= 0.3 is 6.03 Å². The number of ether oxygens (including phenoxy) is 1. The van der Waals surface area contributed by atoms with E-state index in [0.717, 1.165) is 9.21 Å². The molecule has 0 radical (unpaired) electrons. The molecule has 1 fully saturated rings. The van der Waals surface area contributed by atoms with Crippen molar-refractivity contribution in [2.75, 3.05) is 25.5 Å². The molecular weight excluding hydrogens is 425 g/mol. The lowest BCUT2D eigenvalue weighted by molar-refractivity contribution is -0.125. The van der Waals surface area contributed by atoms with Gasteiger partial charge < -0.3 is 4.74 Å². The molecule has 10 heteroatoms. The molecule has 2 aromatic carbocycles. The standard InChI is InChI=1S/C21H24FN3O5S/c1-14(2)25-20(26)12-24(21(25)27)18-10-9-16(31(28,29)23(3)4)11-19(18)30-13-15-7-5-6-8-17(15)22/h5-11,14H,12-13H2,1-4H3. The lowest BCUT2D eigenvalue weighted by Crippen LogP contribution is -2.38. The van der Waals surface area contributed by atoms with Crippen LogP contribution in [0.2, 0.25) is 0 Å². The van der Waals surface area contributed by atoms with Gasteiger partial charge in [0.25, 0.3) is 5.91 Å². The van der Waals surface area contributed by atoms with Crippen molar-refractivity contribution in [3.05, 3.63) is 53.8 Å². The van der Waals surface area contributed by atoms with E-state index in [1.165, 1.54) is 43.3 Å². The SMILES string of the molecule is CC(C)N1C(=O)CN(c2ccc(S(=O)(=O)N(C)C)cc2OCc2ccccc2F)C1=O. The predicted octanol–water partition coefficient (Wildman–Crippen LogP) is 2.83. The van der Waals surface area contributed by atoms with E-state index < -0.39 is 21.9 Å². The van der Waals surface area contributed by atoms with Gasteiger partial charge in [0.15, 0.2) is 0 Å². The highest BCUT2D eigenvalue weighted by Gasteiger charge is 2.39. The van der Waals surface area contributed by atoms with Gasteiger partial charge in [0.2, 0.25) is 10.0 Å². The summed E-state index contributed by atoms with van der Waals surface area (Å²) in [6, 6.07) is 9.21. The Hall–Kier alpha value is -2.98. The van der Waals surface area contributed by atoms with Crippen molar-refractivity contribution in [1.82, 2.24) is 9.21 Å². The Balaban J connectivity index is 2.03. The van der Waals surface area contributed by atoms with Crippen LogP contribution < -0.4 is 9.64 Å². The van der Waals surface area contributed by atoms with E-state index in [2.05, 4.69) is 0 Å². The molecule has 0 aromatic heterocycles. The Morgan fingerprint density at radius 1 is 1.13 bits per heavy atom. The number of hydrogen-bond acceptors (Lipinski definition) is 5. The number of sulfonamides is 1. The zero-order chi connectivity index (χ0) is 22.9. The van der Waals surface area contributed by atoms with Gasteiger partial charge in [-0.2, -0.15) is 0 Å². The quantitative estimate of drug-likeness (QED) is 0.607. The minimum Gasteiger partial charge on any atom is -0.487 e. The smallest absolute Gasteiger partial charge is 0.332 e. The fraction of sp³-hybridized carbons (Fsp3) is 0.333. The molecule has 1 aliphatic rings. The third-order valence-electron chi connectivity index (χ3n) is 4.86. The number of urea groups is 1. The van der Waals surface area contributed by atoms with Crippen molar-refractivity contribution < 1.29 is 27.1 Å². The molecule has 0 atom stereocenters. The molecule has 166 valence electrons. The van der Waals surface area contributed by atoms with Crippen LogP contribution in [0.15, 0.2) is 47.4 Å². The number of carbonyl (C=O) groups excluding carboxylic acids is 2. The lowest BCUT2D eigenvalue weighted by Gasteiger charge is -2.22. The summed E-state index contributed by atoms with van der Waals surface area (Å²) in [5.41, 5.74) is 0.498. The van der Waals surface area contributed by atoms with Gasteiger partial charge in [0, 0.05) is 31.8 Å². The first-order valence-electron chi connectivity index (χ1n) is 9.60. The fourth-order valence-corrected chi connectivity index (χ4v) is 4.11. The summed E-state index contributed by atoms with van der Waals surface area (Å²) in [6.45, 7) is 3.06. The van der Waals surface area contributed by atoms with Crippen LogP contribution in [0.3, 0.4) is 0 Å². The Morgan fingerprint density at radius 3 is 2.39 bits per heavy atom. The van der Waals surface area contributed by atoms with Crippen molar-refractivity contribution in [3.8, 4) is 5.75 Å². The number of amides is 3. The van der Waals surface area contributed by atoms with Crippen LogP contribution in [0.4, 0.5) is 14.9 Å². The van der Waals surface area contributed by atoms with Crippen molar-refractivity contribution in [2.45, 2.75) is 31.4 Å². The summed E-state index contributed by atoms with van der Waals surface area (Å²) < 4.78 is 46.0. The molecule has 0 aliphatic carbocycles. The lowest BCUT2D eigenvalue weighted by atomic mass is 10.2. The number of nitrogens with zero attached hydrogens (tertiary/aromatic N) is 3. The molecule has 1 aliphatic heterocycles. The molecule has 0 N–H and O–H groups in total. The highest BCUT2D eigenvalue weighted by molar-refractivity contribution is 7.89. The normalized spacial score (nSPS) is 14.8. The number of carbonyl (C=O) groups is 2. The van der Waals surface area contributed by atoms with E-state index >= 15 is 0 Å². The topological polar surface area (TPSA) is 87.2 Å². The fourth-order valence-electron chi connectivity index (χ4n) is 3.19. The average Bonchev–Trinajstić information content (AvgIpc) is 3.01. The minimum atomic E-state index is -3.78. The maximum absolute atomic E-state index is 14.0. The molecule has 0 bridgehead atoms. The maximum Gasteiger partial charge on any atom is 0.332 e. The van der Waals surface area contributed by atoms with Crippen LogP contribution in [-0.2, 0) is 21.4 Å². The second-order valence-corrected chi connectivity index (χ2v) is 9.68. The van der Waals surface area contributed by atoms with Gasteiger partial charge in [-0.1, -0.05) is 18.2 Å². The van der Waals surface area contributed by atoms with Crippen LogP contribution in [0, 0.1) is 5.82 Å². The first-order valence-corrected chi connectivity index (χ1v) is 11.0. The summed E-state index contributed by atoms with van der Waals surface area (Å²) in [5.74, 6) is -0.789. The van der Waals surface area contributed by atoms with Crippen LogP contribution in [0.25, 0.3) is 0 Å². The summed E-state index contributed by atoms with van der Waals surface area (Å²) in [4.78, 5) is 27.5. The molecule has 0 saturated carbocycles. The first kappa shape index (κ1) is 22.7. The molecule has 31 heavy (non-hydrogen) atoms. The van der Waals surface area contributed by atoms with Crippen molar-refractivity contribution in [3.63, 3.8) is 0 Å². The summed E-state index contributed by atoms with van der Waals surface area (Å²) >= 11 is 0. The first-order chi connectivity index (χ1) is 14.5. The number of rotatable bonds is 7. The summed E-state index contributed by atoms with van der Waals surface area (Å²) in [6.07, 6.45) is 0. The zero-order valence-corrected chi connectivity index (χ0v) is 18.5. The molecule has 1 heterocycles. The van der Waals surface area contributed by atoms with E-state index in [1.54, 1.807) is 32.0 Å². The van der Waals surface area contributed by atoms with E-state index in [4.69, 9.17) is 4.74 Å². The van der Waals surface area contributed by atoms with Crippen LogP contribution in [0.1, 0.15) is 19.4 Å². The Morgan fingerprint density at radius 2 is 1.81 bits per heavy atom. The second-order valence-electron chi connectivity index (χ2n) is 7.52. The third kappa shape index (κ3) is 4.40. The number of anilines is 1. The van der Waals surface area contributed by atoms with Crippen LogP contribution in [-0.4, -0.2) is 56.2 Å². The Kier molecular flexibility index (Phi) is 6.33. The van der Waals surface area contributed by atoms with Gasteiger partial charge in [-0.3, -0.25) is 14.6 Å². The van der Waals surface area contributed by atoms with E-state index in [-0.39, 0.29) is 47.0 Å². The maximum atomic E-state index is 14.0. The van der Waals surface area contributed by atoms with Crippen molar-refractivity contribution in [1.29, 1.82) is 0 Å². The van der Waals surface area contributed by atoms with E-state index in [1.807, 2.05) is 0 Å². The largest absolute Gasteiger partial charge is 0.487 e. The average molecular weight is 450 g/mol. The predicted molar refractivity (Wildman–Crippen MR) is 113 cm³/mol. The Labute approximate surface area is 180 Å². The highest BCUT2D eigenvalue weighted by atomic mass is 32.2. The molecule has 0 spiro atoms. The molecule has 8 nitrogen and oxygen atoms in total. The van der Waals surface area contributed by atoms with Gasteiger partial charge in [-0.15, -0.1) is 0 Å². The van der Waals surface area contributed by atoms with Gasteiger partial charge in [0.05, 0.1) is 10.6 Å². The summed E-state index contributed by atoms with van der Waals surface area (Å²) in [7, 11) is -0.991. The highest BCUT2D eigenvalue weighted by Crippen LogP contribution is 2.35. The number of imide groups is 1. The second kappa shape index (κ2) is 8.64. The van der Waals surface area contributed by atoms with Crippen molar-refractivity contribution in [2.24, 2.45) is 0 Å². The number of halogens is 1. The number of hydrogen-bond donors (Lipinski definition) is 0. The molecule has 2 aromatic rings. The van der Waals surface area contributed by atoms with E-state index in [0.29, 0.717) is 0 Å². The minimum absolute atomic E-state index is 0.0523. The molecule has 1 saturated heterocycles. The monoisotopic (exact) mass is 449 g/mol. The molecular formula is C21H24FN3O5S. The van der Waals surface area contributed by atoms with E-state index in [9.17, 15) is 22.4 Å². The van der Waals surface area contributed by atoms with Crippen molar-refractivity contribution >= 4 is 27.6 Å². The Bertz CT molecular complexity index is 1120. The third-order valence-corrected chi connectivity index (χ3v) is 6.67. The number of benzene rings is 2. The molecule has 3 rings (SSSR count). The van der Waals surface area contributed by atoms with Gasteiger partial charge in [0.1, 0.15) is 24.7 Å². The van der Waals surface area contributed by atoms with Crippen LogP contribution >= 0.6 is 0 Å².